The SMILES string of the molecule is [N-]=[N+]=Nc1ccc(/C=N\N2CC(CN3CCOCC3)OC2=O)o1. The van der Waals surface area contributed by atoms with Gasteiger partial charge in [0.05, 0.1) is 26.0 Å². The molecule has 1 amide bonds. The highest BCUT2D eigenvalue weighted by Gasteiger charge is 2.32. The number of ether oxygens (including phenoxy) is 2. The van der Waals surface area contributed by atoms with Gasteiger partial charge in [0.25, 0.3) is 0 Å². The van der Waals surface area contributed by atoms with Crippen LogP contribution in [0.15, 0.2) is 26.8 Å². The fourth-order valence-electron chi connectivity index (χ4n) is 2.41. The first-order valence-electron chi connectivity index (χ1n) is 7.22. The number of rotatable bonds is 5. The quantitative estimate of drug-likeness (QED) is 0.354. The van der Waals surface area contributed by atoms with Crippen LogP contribution >= 0.6 is 0 Å². The zero-order valence-electron chi connectivity index (χ0n) is 12.4. The number of morpholine rings is 1. The lowest BCUT2D eigenvalue weighted by molar-refractivity contribution is 0.0188. The lowest BCUT2D eigenvalue weighted by Gasteiger charge is -2.27. The van der Waals surface area contributed by atoms with E-state index in [2.05, 4.69) is 20.0 Å². The Bertz CT molecular complexity index is 632. The number of cyclic esters (lactones) is 1. The monoisotopic (exact) mass is 320 g/mol. The Labute approximate surface area is 131 Å². The molecule has 0 saturated carbocycles. The molecule has 10 nitrogen and oxygen atoms in total. The van der Waals surface area contributed by atoms with Crippen molar-refractivity contribution < 1.29 is 18.7 Å². The van der Waals surface area contributed by atoms with E-state index in [1.54, 1.807) is 6.07 Å². The summed E-state index contributed by atoms with van der Waals surface area (Å²) in [6.07, 6.45) is 0.684. The average molecular weight is 320 g/mol. The molecular formula is C13H16N6O4. The molecule has 1 unspecified atom stereocenters. The van der Waals surface area contributed by atoms with E-state index in [-0.39, 0.29) is 12.0 Å². The third-order valence-electron chi connectivity index (χ3n) is 3.50. The molecule has 0 radical (unpaired) electrons. The molecule has 0 aliphatic carbocycles. The fraction of sp³-hybridized carbons (Fsp3) is 0.538. The zero-order valence-corrected chi connectivity index (χ0v) is 12.4. The lowest BCUT2D eigenvalue weighted by Crippen LogP contribution is -2.41. The van der Waals surface area contributed by atoms with Crippen LogP contribution in [0.25, 0.3) is 10.4 Å². The summed E-state index contributed by atoms with van der Waals surface area (Å²) < 4.78 is 15.8. The van der Waals surface area contributed by atoms with Gasteiger partial charge in [-0.3, -0.25) is 4.90 Å². The van der Waals surface area contributed by atoms with Gasteiger partial charge in [0.2, 0.25) is 0 Å². The Morgan fingerprint density at radius 3 is 3.00 bits per heavy atom. The first-order valence-corrected chi connectivity index (χ1v) is 7.22. The number of amides is 1. The molecule has 3 rings (SSSR count). The van der Waals surface area contributed by atoms with Crippen LogP contribution in [0.5, 0.6) is 0 Å². The Hall–Kier alpha value is -2.55. The van der Waals surface area contributed by atoms with E-state index in [4.69, 9.17) is 19.4 Å². The summed E-state index contributed by atoms with van der Waals surface area (Å²) in [5.74, 6) is 0.528. The van der Waals surface area contributed by atoms with E-state index in [0.29, 0.717) is 32.1 Å². The van der Waals surface area contributed by atoms with E-state index in [1.807, 2.05) is 0 Å². The highest BCUT2D eigenvalue weighted by atomic mass is 16.6. The zero-order chi connectivity index (χ0) is 16.1. The van der Waals surface area contributed by atoms with Gasteiger partial charge in [-0.15, -0.1) is 0 Å². The predicted molar refractivity (Wildman–Crippen MR) is 79.3 cm³/mol. The number of carbonyl (C=O) groups excluding carboxylic acids is 1. The summed E-state index contributed by atoms with van der Waals surface area (Å²) >= 11 is 0. The lowest BCUT2D eigenvalue weighted by atomic mass is 10.3. The number of azide groups is 1. The molecule has 3 heterocycles. The maximum absolute atomic E-state index is 11.8. The van der Waals surface area contributed by atoms with Crippen molar-refractivity contribution in [3.8, 4) is 0 Å². The molecule has 0 N–H and O–H groups in total. The average Bonchev–Trinajstić information content (AvgIpc) is 3.13. The van der Waals surface area contributed by atoms with Crippen molar-refractivity contribution in [3.05, 3.63) is 28.3 Å². The second-order valence-corrected chi connectivity index (χ2v) is 5.11. The van der Waals surface area contributed by atoms with Gasteiger partial charge < -0.3 is 13.9 Å². The molecule has 2 aliphatic heterocycles. The van der Waals surface area contributed by atoms with Gasteiger partial charge in [0.15, 0.2) is 5.88 Å². The molecule has 2 saturated heterocycles. The molecule has 1 aromatic heterocycles. The fourth-order valence-corrected chi connectivity index (χ4v) is 2.41. The third-order valence-corrected chi connectivity index (χ3v) is 3.50. The van der Waals surface area contributed by atoms with Crippen LogP contribution in [0.4, 0.5) is 10.7 Å². The number of nitrogens with zero attached hydrogens (tertiary/aromatic N) is 6. The molecular weight excluding hydrogens is 304 g/mol. The second-order valence-electron chi connectivity index (χ2n) is 5.11. The van der Waals surface area contributed by atoms with Crippen molar-refractivity contribution in [1.29, 1.82) is 0 Å². The number of furan rings is 1. The first kappa shape index (κ1) is 15.3. The van der Waals surface area contributed by atoms with Gasteiger partial charge in [0, 0.05) is 24.5 Å². The largest absolute Gasteiger partial charge is 0.453 e. The maximum Gasteiger partial charge on any atom is 0.430 e. The van der Waals surface area contributed by atoms with E-state index >= 15 is 0 Å². The molecule has 0 aromatic carbocycles. The number of hydrogen-bond acceptors (Lipinski definition) is 7. The van der Waals surface area contributed by atoms with Crippen LogP contribution in [-0.2, 0) is 9.47 Å². The number of hydrazone groups is 1. The van der Waals surface area contributed by atoms with Gasteiger partial charge >= 0.3 is 6.09 Å². The van der Waals surface area contributed by atoms with Crippen molar-refractivity contribution in [2.75, 3.05) is 39.4 Å². The molecule has 2 aliphatic rings. The summed E-state index contributed by atoms with van der Waals surface area (Å²) in [5.41, 5.74) is 8.31. The maximum atomic E-state index is 11.8. The van der Waals surface area contributed by atoms with Gasteiger partial charge in [-0.1, -0.05) is 0 Å². The van der Waals surface area contributed by atoms with Crippen LogP contribution in [0, 0.1) is 0 Å². The minimum Gasteiger partial charge on any atom is -0.453 e. The minimum absolute atomic E-state index is 0.142. The highest BCUT2D eigenvalue weighted by Crippen LogP contribution is 2.17. The van der Waals surface area contributed by atoms with Gasteiger partial charge in [0.1, 0.15) is 11.9 Å². The predicted octanol–water partition coefficient (Wildman–Crippen LogP) is 1.71. The van der Waals surface area contributed by atoms with Crippen molar-refractivity contribution in [2.45, 2.75) is 6.10 Å². The Morgan fingerprint density at radius 1 is 1.39 bits per heavy atom. The third kappa shape index (κ3) is 4.01. The van der Waals surface area contributed by atoms with Gasteiger partial charge in [-0.25, -0.2) is 4.79 Å². The standard InChI is InChI=1S/C13H16N6O4/c14-17-16-12-2-1-10(22-12)7-15-19-9-11(23-13(19)20)8-18-3-5-21-6-4-18/h1-2,7,11H,3-6,8-9H2/b15-7-. The number of carbonyl (C=O) groups is 1. The van der Waals surface area contributed by atoms with E-state index in [0.717, 1.165) is 13.1 Å². The summed E-state index contributed by atoms with van der Waals surface area (Å²) in [6.45, 7) is 4.14. The van der Waals surface area contributed by atoms with Gasteiger partial charge in [-0.05, 0) is 22.8 Å². The Morgan fingerprint density at radius 2 is 2.22 bits per heavy atom. The van der Waals surface area contributed by atoms with Crippen LogP contribution < -0.4 is 0 Å². The topological polar surface area (TPSA) is 116 Å². The smallest absolute Gasteiger partial charge is 0.430 e. The van der Waals surface area contributed by atoms with Crippen molar-refractivity contribution >= 4 is 18.2 Å². The molecule has 2 fully saturated rings. The van der Waals surface area contributed by atoms with E-state index in [9.17, 15) is 4.79 Å². The normalized spacial score (nSPS) is 22.3. The summed E-state index contributed by atoms with van der Waals surface area (Å²) in [5, 5.41) is 8.63. The first-order chi connectivity index (χ1) is 11.2. The van der Waals surface area contributed by atoms with Crippen molar-refractivity contribution in [3.63, 3.8) is 0 Å². The van der Waals surface area contributed by atoms with E-state index in [1.165, 1.54) is 17.3 Å². The van der Waals surface area contributed by atoms with Gasteiger partial charge in [-0.2, -0.15) is 10.1 Å². The van der Waals surface area contributed by atoms with E-state index < -0.39 is 6.09 Å². The molecule has 122 valence electrons. The van der Waals surface area contributed by atoms with Crippen molar-refractivity contribution in [1.82, 2.24) is 9.91 Å². The molecule has 10 heteroatoms. The second kappa shape index (κ2) is 7.14. The number of hydrogen-bond donors (Lipinski definition) is 0. The molecule has 1 aromatic rings. The summed E-state index contributed by atoms with van der Waals surface area (Å²) in [6, 6.07) is 3.12. The Balaban J connectivity index is 1.54. The van der Waals surface area contributed by atoms with Crippen LogP contribution in [0.2, 0.25) is 0 Å². The van der Waals surface area contributed by atoms with Crippen LogP contribution in [-0.4, -0.2) is 67.7 Å². The molecule has 1 atom stereocenters. The molecule has 23 heavy (non-hydrogen) atoms. The van der Waals surface area contributed by atoms with Crippen LogP contribution in [0.3, 0.4) is 0 Å². The molecule has 0 bridgehead atoms. The highest BCUT2D eigenvalue weighted by molar-refractivity contribution is 5.78. The molecule has 0 spiro atoms. The Kier molecular flexibility index (Phi) is 4.77. The minimum atomic E-state index is -0.485. The summed E-state index contributed by atoms with van der Waals surface area (Å²) in [7, 11) is 0. The van der Waals surface area contributed by atoms with Crippen molar-refractivity contribution in [2.24, 2.45) is 10.2 Å². The summed E-state index contributed by atoms with van der Waals surface area (Å²) in [4.78, 5) is 16.6. The van der Waals surface area contributed by atoms with Crippen LogP contribution in [0.1, 0.15) is 5.76 Å².